The highest BCUT2D eigenvalue weighted by Gasteiger charge is 2.24. The van der Waals surface area contributed by atoms with Crippen LogP contribution < -0.4 is 10.8 Å². The van der Waals surface area contributed by atoms with Crippen LogP contribution in [0.2, 0.25) is 0 Å². The number of aryl methyl sites for hydroxylation is 1. The molecule has 0 spiro atoms. The predicted octanol–water partition coefficient (Wildman–Crippen LogP) is 3.02. The lowest BCUT2D eigenvalue weighted by Crippen LogP contribution is -2.38. The second-order valence-corrected chi connectivity index (χ2v) is 6.79. The number of nitrogens with one attached hydrogen (secondary N) is 2. The van der Waals surface area contributed by atoms with Crippen molar-refractivity contribution in [3.63, 3.8) is 0 Å². The van der Waals surface area contributed by atoms with Gasteiger partial charge in [-0.05, 0) is 42.2 Å². The Labute approximate surface area is 144 Å². The van der Waals surface area contributed by atoms with Gasteiger partial charge in [-0.25, -0.2) is 10.3 Å². The first-order valence-corrected chi connectivity index (χ1v) is 8.63. The number of carbonyl (C=O) groups is 2. The van der Waals surface area contributed by atoms with Crippen molar-refractivity contribution in [3.05, 3.63) is 51.2 Å². The van der Waals surface area contributed by atoms with Gasteiger partial charge < -0.3 is 10.2 Å². The van der Waals surface area contributed by atoms with Crippen LogP contribution in [0.1, 0.15) is 32.6 Å². The summed E-state index contributed by atoms with van der Waals surface area (Å²) in [6.07, 6.45) is 1.66. The van der Waals surface area contributed by atoms with E-state index >= 15 is 0 Å². The van der Waals surface area contributed by atoms with E-state index in [4.69, 9.17) is 5.21 Å². The second-order valence-electron chi connectivity index (χ2n) is 5.65. The van der Waals surface area contributed by atoms with Gasteiger partial charge in [-0.1, -0.05) is 19.1 Å². The van der Waals surface area contributed by atoms with Crippen LogP contribution in [0, 0.1) is 0 Å². The Bertz CT molecular complexity index is 755. The van der Waals surface area contributed by atoms with Gasteiger partial charge in [0.2, 0.25) is 0 Å². The quantitative estimate of drug-likeness (QED) is 0.591. The van der Waals surface area contributed by atoms with E-state index in [-0.39, 0.29) is 6.03 Å². The molecule has 0 aliphatic carbocycles. The van der Waals surface area contributed by atoms with Crippen LogP contribution in [0.4, 0.5) is 10.5 Å². The van der Waals surface area contributed by atoms with Crippen molar-refractivity contribution in [2.24, 2.45) is 0 Å². The molecule has 7 heteroatoms. The molecule has 1 aliphatic heterocycles. The average molecular weight is 345 g/mol. The number of hydrogen-bond donors (Lipinski definition) is 3. The largest absolute Gasteiger partial charge is 0.322 e. The molecule has 2 aromatic rings. The van der Waals surface area contributed by atoms with Crippen molar-refractivity contribution in [1.29, 1.82) is 0 Å². The highest BCUT2D eigenvalue weighted by Crippen LogP contribution is 2.28. The van der Waals surface area contributed by atoms with Crippen molar-refractivity contribution in [3.8, 4) is 0 Å². The summed E-state index contributed by atoms with van der Waals surface area (Å²) < 4.78 is 0. The molecule has 3 N–H and O–H groups in total. The number of rotatable bonds is 3. The maximum absolute atomic E-state index is 12.4. The van der Waals surface area contributed by atoms with Gasteiger partial charge in [0.1, 0.15) is 0 Å². The molecule has 126 valence electrons. The number of benzene rings is 1. The third kappa shape index (κ3) is 3.42. The first-order chi connectivity index (χ1) is 11.6. The molecule has 3 amide bonds. The summed E-state index contributed by atoms with van der Waals surface area (Å²) in [7, 11) is 0. The van der Waals surface area contributed by atoms with Gasteiger partial charge in [0.05, 0.1) is 11.4 Å². The molecule has 3 rings (SSSR count). The van der Waals surface area contributed by atoms with Crippen LogP contribution in [-0.4, -0.2) is 28.6 Å². The zero-order valence-corrected chi connectivity index (χ0v) is 14.2. The van der Waals surface area contributed by atoms with Crippen molar-refractivity contribution >= 4 is 29.0 Å². The lowest BCUT2D eigenvalue weighted by molar-refractivity contribution is 0.0711. The van der Waals surface area contributed by atoms with Crippen LogP contribution >= 0.6 is 11.3 Å². The first kappa shape index (κ1) is 16.5. The maximum atomic E-state index is 12.4. The molecule has 0 radical (unpaired) electrons. The normalized spacial score (nSPS) is 13.3. The number of anilines is 1. The van der Waals surface area contributed by atoms with Gasteiger partial charge in [0, 0.05) is 17.1 Å². The Kier molecular flexibility index (Phi) is 4.82. The Morgan fingerprint density at radius 1 is 1.29 bits per heavy atom. The summed E-state index contributed by atoms with van der Waals surface area (Å²) in [4.78, 5) is 27.1. The number of carbonyl (C=O) groups excluding carboxylic acids is 2. The lowest BCUT2D eigenvalue weighted by atomic mass is 10.1. The predicted molar refractivity (Wildman–Crippen MR) is 92.5 cm³/mol. The van der Waals surface area contributed by atoms with Crippen LogP contribution in [0.3, 0.4) is 0 Å². The monoisotopic (exact) mass is 345 g/mol. The fourth-order valence-corrected chi connectivity index (χ4v) is 3.80. The summed E-state index contributed by atoms with van der Waals surface area (Å²) in [6.45, 7) is 3.16. The summed E-state index contributed by atoms with van der Waals surface area (Å²) in [5, 5.41) is 11.6. The fourth-order valence-electron chi connectivity index (χ4n) is 2.69. The van der Waals surface area contributed by atoms with Gasteiger partial charge >= 0.3 is 6.03 Å². The molecule has 0 fully saturated rings. The summed E-state index contributed by atoms with van der Waals surface area (Å²) >= 11 is 1.31. The Hall–Kier alpha value is -2.38. The molecule has 0 saturated heterocycles. The molecule has 6 nitrogen and oxygen atoms in total. The van der Waals surface area contributed by atoms with E-state index in [0.29, 0.717) is 24.4 Å². The summed E-state index contributed by atoms with van der Waals surface area (Å²) in [6, 6.07) is 9.45. The van der Waals surface area contributed by atoms with E-state index in [0.717, 1.165) is 22.5 Å². The van der Waals surface area contributed by atoms with Gasteiger partial charge in [-0.2, -0.15) is 0 Å². The zero-order valence-electron chi connectivity index (χ0n) is 13.3. The van der Waals surface area contributed by atoms with Crippen LogP contribution in [0.25, 0.3) is 0 Å². The number of amides is 3. The van der Waals surface area contributed by atoms with Gasteiger partial charge in [-0.15, -0.1) is 11.3 Å². The van der Waals surface area contributed by atoms with Crippen LogP contribution in [-0.2, 0) is 19.4 Å². The Morgan fingerprint density at radius 3 is 2.71 bits per heavy atom. The van der Waals surface area contributed by atoms with E-state index < -0.39 is 5.91 Å². The summed E-state index contributed by atoms with van der Waals surface area (Å²) in [5.41, 5.74) is 4.71. The molecule has 1 aliphatic rings. The molecule has 0 unspecified atom stereocenters. The van der Waals surface area contributed by atoms with Crippen molar-refractivity contribution in [1.82, 2.24) is 10.4 Å². The minimum absolute atomic E-state index is 0.147. The highest BCUT2D eigenvalue weighted by atomic mass is 32.1. The lowest BCUT2D eigenvalue weighted by Gasteiger charge is -2.27. The maximum Gasteiger partial charge on any atom is 0.322 e. The number of thiophene rings is 1. The molecule has 0 bridgehead atoms. The molecular weight excluding hydrogens is 326 g/mol. The standard InChI is InChI=1S/C17H19N3O3S/c1-2-11-3-5-13(6-4-11)18-17(22)20-8-7-12-9-14(16(21)19-23)24-15(12)10-20/h3-6,9,23H,2,7-8,10H2,1H3,(H,18,22)(H,19,21). The summed E-state index contributed by atoms with van der Waals surface area (Å²) in [5.74, 6) is -0.513. The van der Waals surface area contributed by atoms with Crippen molar-refractivity contribution in [2.45, 2.75) is 26.3 Å². The molecule has 1 aromatic carbocycles. The van der Waals surface area contributed by atoms with Crippen molar-refractivity contribution in [2.75, 3.05) is 11.9 Å². The minimum Gasteiger partial charge on any atom is -0.319 e. The number of urea groups is 1. The van der Waals surface area contributed by atoms with Gasteiger partial charge in [-0.3, -0.25) is 10.0 Å². The van der Waals surface area contributed by atoms with E-state index in [1.54, 1.807) is 16.4 Å². The van der Waals surface area contributed by atoms with E-state index in [1.807, 2.05) is 24.3 Å². The topological polar surface area (TPSA) is 81.7 Å². The molecule has 24 heavy (non-hydrogen) atoms. The zero-order chi connectivity index (χ0) is 17.1. The molecule has 2 heterocycles. The third-order valence-corrected chi connectivity index (χ3v) is 5.27. The van der Waals surface area contributed by atoms with Gasteiger partial charge in [0.15, 0.2) is 0 Å². The molecule has 0 saturated carbocycles. The number of hydroxylamine groups is 1. The Morgan fingerprint density at radius 2 is 2.04 bits per heavy atom. The van der Waals surface area contributed by atoms with Gasteiger partial charge in [0.25, 0.3) is 5.91 Å². The minimum atomic E-state index is -0.513. The van der Waals surface area contributed by atoms with E-state index in [2.05, 4.69) is 12.2 Å². The molecular formula is C17H19N3O3S. The number of hydrogen-bond acceptors (Lipinski definition) is 4. The van der Waals surface area contributed by atoms with Crippen LogP contribution in [0.5, 0.6) is 0 Å². The molecule has 0 atom stereocenters. The number of fused-ring (bicyclic) bond motifs is 1. The smallest absolute Gasteiger partial charge is 0.319 e. The highest BCUT2D eigenvalue weighted by molar-refractivity contribution is 7.14. The average Bonchev–Trinajstić information content (AvgIpc) is 3.04. The third-order valence-electron chi connectivity index (χ3n) is 4.11. The van der Waals surface area contributed by atoms with Crippen molar-refractivity contribution < 1.29 is 14.8 Å². The van der Waals surface area contributed by atoms with Crippen LogP contribution in [0.15, 0.2) is 30.3 Å². The van der Waals surface area contributed by atoms with E-state index in [1.165, 1.54) is 16.9 Å². The molecule has 1 aromatic heterocycles. The van der Waals surface area contributed by atoms with E-state index in [9.17, 15) is 9.59 Å². The SMILES string of the molecule is CCc1ccc(NC(=O)N2CCc3cc(C(=O)NO)sc3C2)cc1. The Balaban J connectivity index is 1.66. The second kappa shape index (κ2) is 7.02. The first-order valence-electron chi connectivity index (χ1n) is 7.81. The fraction of sp³-hybridized carbons (Fsp3) is 0.294. The number of nitrogens with zero attached hydrogens (tertiary/aromatic N) is 1.